The molecular weight excluding hydrogens is 268 g/mol. The first-order valence-electron chi connectivity index (χ1n) is 6.55. The van der Waals surface area contributed by atoms with Crippen molar-refractivity contribution in [1.82, 2.24) is 9.78 Å². The highest BCUT2D eigenvalue weighted by atomic mass is 19.3. The zero-order chi connectivity index (χ0) is 14.9. The molecule has 2 rings (SSSR count). The molecule has 5 nitrogen and oxygen atoms in total. The quantitative estimate of drug-likeness (QED) is 0.929. The van der Waals surface area contributed by atoms with Crippen molar-refractivity contribution in [2.75, 3.05) is 11.9 Å². The SMILES string of the molecule is Cn1cc(NC(=O)C2CCC(C)(C)OC2)c(C(F)F)n1. The van der Waals surface area contributed by atoms with E-state index in [0.29, 0.717) is 13.0 Å². The molecule has 0 aliphatic carbocycles. The van der Waals surface area contributed by atoms with E-state index >= 15 is 0 Å². The van der Waals surface area contributed by atoms with Crippen molar-refractivity contribution in [3.8, 4) is 0 Å². The third-order valence-corrected chi connectivity index (χ3v) is 3.46. The lowest BCUT2D eigenvalue weighted by atomic mass is 9.91. The number of anilines is 1. The van der Waals surface area contributed by atoms with E-state index in [-0.39, 0.29) is 23.1 Å². The van der Waals surface area contributed by atoms with Gasteiger partial charge in [0, 0.05) is 13.2 Å². The van der Waals surface area contributed by atoms with Crippen LogP contribution in [0.2, 0.25) is 0 Å². The molecule has 0 saturated carbocycles. The van der Waals surface area contributed by atoms with Crippen molar-refractivity contribution < 1.29 is 18.3 Å². The van der Waals surface area contributed by atoms with Crippen molar-refractivity contribution in [3.63, 3.8) is 0 Å². The van der Waals surface area contributed by atoms with Gasteiger partial charge in [-0.1, -0.05) is 0 Å². The first-order valence-corrected chi connectivity index (χ1v) is 6.55. The molecule has 0 spiro atoms. The van der Waals surface area contributed by atoms with Gasteiger partial charge < -0.3 is 10.1 Å². The van der Waals surface area contributed by atoms with Crippen LogP contribution in [0.1, 0.15) is 38.8 Å². The smallest absolute Gasteiger partial charge is 0.284 e. The molecule has 20 heavy (non-hydrogen) atoms. The number of aryl methyl sites for hydroxylation is 1. The van der Waals surface area contributed by atoms with Crippen LogP contribution < -0.4 is 5.32 Å². The number of aromatic nitrogens is 2. The van der Waals surface area contributed by atoms with E-state index in [1.165, 1.54) is 17.9 Å². The zero-order valence-corrected chi connectivity index (χ0v) is 11.8. The summed E-state index contributed by atoms with van der Waals surface area (Å²) in [5, 5.41) is 6.18. The van der Waals surface area contributed by atoms with Crippen LogP contribution >= 0.6 is 0 Å². The Morgan fingerprint density at radius 3 is 2.85 bits per heavy atom. The monoisotopic (exact) mass is 287 g/mol. The summed E-state index contributed by atoms with van der Waals surface area (Å²) in [6, 6.07) is 0. The van der Waals surface area contributed by atoms with E-state index < -0.39 is 12.1 Å². The Morgan fingerprint density at radius 2 is 2.30 bits per heavy atom. The molecule has 112 valence electrons. The molecule has 1 aliphatic heterocycles. The fourth-order valence-electron chi connectivity index (χ4n) is 2.21. The zero-order valence-electron chi connectivity index (χ0n) is 11.8. The van der Waals surface area contributed by atoms with Crippen LogP contribution in [0, 0.1) is 5.92 Å². The van der Waals surface area contributed by atoms with Crippen LogP contribution in [0.25, 0.3) is 0 Å². The highest BCUT2D eigenvalue weighted by Crippen LogP contribution is 2.29. The molecule has 7 heteroatoms. The van der Waals surface area contributed by atoms with Gasteiger partial charge in [-0.05, 0) is 26.7 Å². The highest BCUT2D eigenvalue weighted by Gasteiger charge is 2.32. The molecule has 1 fully saturated rings. The number of halogens is 2. The molecule has 1 amide bonds. The van der Waals surface area contributed by atoms with Crippen molar-refractivity contribution in [2.24, 2.45) is 13.0 Å². The van der Waals surface area contributed by atoms with E-state index in [1.807, 2.05) is 13.8 Å². The number of hydrogen-bond donors (Lipinski definition) is 1. The lowest BCUT2D eigenvalue weighted by Crippen LogP contribution is -2.38. The number of alkyl halides is 2. The predicted molar refractivity (Wildman–Crippen MR) is 69.5 cm³/mol. The van der Waals surface area contributed by atoms with Crippen LogP contribution in [-0.4, -0.2) is 27.9 Å². The number of rotatable bonds is 3. The maximum atomic E-state index is 12.8. The summed E-state index contributed by atoms with van der Waals surface area (Å²) in [4.78, 5) is 12.1. The van der Waals surface area contributed by atoms with E-state index in [1.54, 1.807) is 0 Å². The summed E-state index contributed by atoms with van der Waals surface area (Å²) < 4.78 is 32.4. The molecule has 0 bridgehead atoms. The van der Waals surface area contributed by atoms with Gasteiger partial charge in [0.2, 0.25) is 5.91 Å². The number of nitrogens with zero attached hydrogens (tertiary/aromatic N) is 2. The van der Waals surface area contributed by atoms with Crippen molar-refractivity contribution >= 4 is 11.6 Å². The maximum absolute atomic E-state index is 12.8. The van der Waals surface area contributed by atoms with Gasteiger partial charge in [0.15, 0.2) is 5.69 Å². The molecule has 1 aromatic heterocycles. The molecule has 0 aromatic carbocycles. The van der Waals surface area contributed by atoms with Gasteiger partial charge in [-0.25, -0.2) is 8.78 Å². The number of amides is 1. The molecule has 1 unspecified atom stereocenters. The number of hydrogen-bond acceptors (Lipinski definition) is 3. The molecule has 2 heterocycles. The summed E-state index contributed by atoms with van der Waals surface area (Å²) in [6.07, 6.45) is 0.115. The van der Waals surface area contributed by atoms with Gasteiger partial charge in [0.25, 0.3) is 6.43 Å². The Balaban J connectivity index is 2.02. The van der Waals surface area contributed by atoms with Crippen LogP contribution in [-0.2, 0) is 16.6 Å². The second-order valence-corrected chi connectivity index (χ2v) is 5.70. The van der Waals surface area contributed by atoms with E-state index in [2.05, 4.69) is 10.4 Å². The van der Waals surface area contributed by atoms with Crippen LogP contribution in [0.5, 0.6) is 0 Å². The number of carbonyl (C=O) groups excluding carboxylic acids is 1. The summed E-state index contributed by atoms with van der Waals surface area (Å²) in [5.74, 6) is -0.607. The van der Waals surface area contributed by atoms with E-state index in [0.717, 1.165) is 6.42 Å². The first-order chi connectivity index (χ1) is 9.28. The molecule has 1 atom stereocenters. The van der Waals surface area contributed by atoms with E-state index in [4.69, 9.17) is 4.74 Å². The Kier molecular flexibility index (Phi) is 4.08. The minimum Gasteiger partial charge on any atom is -0.375 e. The topological polar surface area (TPSA) is 56.2 Å². The van der Waals surface area contributed by atoms with Gasteiger partial charge in [-0.3, -0.25) is 9.48 Å². The summed E-state index contributed by atoms with van der Waals surface area (Å²) in [6.45, 7) is 4.25. The minimum atomic E-state index is -2.71. The Morgan fingerprint density at radius 1 is 1.60 bits per heavy atom. The summed E-state index contributed by atoms with van der Waals surface area (Å²) >= 11 is 0. The molecule has 1 saturated heterocycles. The number of nitrogens with one attached hydrogen (secondary N) is 1. The molecule has 1 aliphatic rings. The number of ether oxygens (including phenoxy) is 1. The summed E-state index contributed by atoms with van der Waals surface area (Å²) in [5.41, 5.74) is -0.561. The third-order valence-electron chi connectivity index (χ3n) is 3.46. The largest absolute Gasteiger partial charge is 0.375 e. The maximum Gasteiger partial charge on any atom is 0.284 e. The molecular formula is C13H19F2N3O2. The normalized spacial score (nSPS) is 22.0. The van der Waals surface area contributed by atoms with Crippen LogP contribution in [0.4, 0.5) is 14.5 Å². The minimum absolute atomic E-state index is 0.0670. The Bertz CT molecular complexity index is 490. The summed E-state index contributed by atoms with van der Waals surface area (Å²) in [7, 11) is 1.54. The fourth-order valence-corrected chi connectivity index (χ4v) is 2.21. The van der Waals surface area contributed by atoms with Gasteiger partial charge in [-0.2, -0.15) is 5.10 Å². The highest BCUT2D eigenvalue weighted by molar-refractivity contribution is 5.93. The second kappa shape index (κ2) is 5.47. The van der Waals surface area contributed by atoms with Crippen molar-refractivity contribution in [3.05, 3.63) is 11.9 Å². The average Bonchev–Trinajstić information content (AvgIpc) is 2.70. The first kappa shape index (κ1) is 14.9. The van der Waals surface area contributed by atoms with Gasteiger partial charge in [-0.15, -0.1) is 0 Å². The fraction of sp³-hybridized carbons (Fsp3) is 0.692. The van der Waals surface area contributed by atoms with Crippen molar-refractivity contribution in [1.29, 1.82) is 0 Å². The average molecular weight is 287 g/mol. The Hall–Kier alpha value is -1.50. The molecule has 1 N–H and O–H groups in total. The third kappa shape index (κ3) is 3.33. The lowest BCUT2D eigenvalue weighted by molar-refractivity contribution is -0.131. The number of carbonyl (C=O) groups is 1. The van der Waals surface area contributed by atoms with Gasteiger partial charge in [0.1, 0.15) is 0 Å². The standard InChI is InChI=1S/C13H19F2N3O2/c1-13(2)5-4-8(7-20-13)12(19)16-9-6-18(3)17-10(9)11(14)15/h6,8,11H,4-5,7H2,1-3H3,(H,16,19). The predicted octanol–water partition coefficient (Wildman–Crippen LogP) is 2.50. The molecule has 0 radical (unpaired) electrons. The molecule has 1 aromatic rings. The van der Waals surface area contributed by atoms with Gasteiger partial charge >= 0.3 is 0 Å². The lowest BCUT2D eigenvalue weighted by Gasteiger charge is -2.34. The van der Waals surface area contributed by atoms with Gasteiger partial charge in [0.05, 0.1) is 23.8 Å². The second-order valence-electron chi connectivity index (χ2n) is 5.70. The van der Waals surface area contributed by atoms with E-state index in [9.17, 15) is 13.6 Å². The Labute approximate surface area is 116 Å². The van der Waals surface area contributed by atoms with Crippen LogP contribution in [0.15, 0.2) is 6.20 Å². The van der Waals surface area contributed by atoms with Crippen LogP contribution in [0.3, 0.4) is 0 Å². The van der Waals surface area contributed by atoms with Crippen molar-refractivity contribution in [2.45, 2.75) is 38.7 Å².